The van der Waals surface area contributed by atoms with Crippen molar-refractivity contribution in [3.63, 3.8) is 0 Å². The molecule has 0 aliphatic rings. The van der Waals surface area contributed by atoms with Crippen LogP contribution in [0.2, 0.25) is 0 Å². The Hall–Kier alpha value is -3.06. The second kappa shape index (κ2) is 12.5. The molecule has 0 atom stereocenters. The smallest absolute Gasteiger partial charge is 0.306 e. The van der Waals surface area contributed by atoms with E-state index in [1.807, 2.05) is 55.5 Å². The largest absolute Gasteiger partial charge is 0.497 e. The molecule has 2 aromatic rings. The molecule has 2 rings (SSSR count). The molecule has 0 aromatic heterocycles. The predicted octanol–water partition coefficient (Wildman–Crippen LogP) is 3.65. The Balaban J connectivity index is 1.90. The molecule has 0 saturated heterocycles. The van der Waals surface area contributed by atoms with Gasteiger partial charge in [-0.2, -0.15) is 0 Å². The lowest BCUT2D eigenvalue weighted by Crippen LogP contribution is -2.24. The maximum Gasteiger partial charge on any atom is 0.306 e. The van der Waals surface area contributed by atoms with Crippen molar-refractivity contribution < 1.29 is 28.5 Å². The summed E-state index contributed by atoms with van der Waals surface area (Å²) in [5.41, 5.74) is 3.11. The van der Waals surface area contributed by atoms with Crippen molar-refractivity contribution in [3.05, 3.63) is 54.1 Å². The number of rotatable bonds is 12. The average Bonchev–Trinajstić information content (AvgIpc) is 2.76. The number of anilines is 2. The fourth-order valence-electron chi connectivity index (χ4n) is 2.73. The molecule has 0 unspecified atom stereocenters. The Morgan fingerprint density at radius 2 is 1.30 bits per heavy atom. The number of methoxy groups -OCH3 is 2. The molecular weight excluding hydrogens is 386 g/mol. The third-order valence-corrected chi connectivity index (χ3v) is 4.39. The molecule has 0 saturated carbocycles. The first-order chi connectivity index (χ1) is 14.5. The third-order valence-electron chi connectivity index (χ3n) is 4.39. The van der Waals surface area contributed by atoms with E-state index in [4.69, 9.17) is 18.9 Å². The van der Waals surface area contributed by atoms with Crippen LogP contribution < -0.4 is 9.64 Å². The van der Waals surface area contributed by atoms with Gasteiger partial charge in [-0.05, 0) is 43.3 Å². The van der Waals surface area contributed by atoms with Crippen molar-refractivity contribution in [1.29, 1.82) is 0 Å². The highest BCUT2D eigenvalue weighted by Gasteiger charge is 2.13. The van der Waals surface area contributed by atoms with Gasteiger partial charge in [-0.3, -0.25) is 9.59 Å². The number of aryl methyl sites for hydroxylation is 1. The standard InChI is InChI=1S/C23H29NO6/c1-18-4-6-19(7-5-18)24(20-8-10-21(28-3)11-9-20)14-15-29-22(25)12-13-23(26)30-17-16-27-2/h4-11H,12-17H2,1-3H3. The fraction of sp³-hybridized carbons (Fsp3) is 0.391. The van der Waals surface area contributed by atoms with Gasteiger partial charge in [0.25, 0.3) is 0 Å². The first-order valence-electron chi connectivity index (χ1n) is 9.82. The van der Waals surface area contributed by atoms with Gasteiger partial charge in [-0.1, -0.05) is 17.7 Å². The normalized spacial score (nSPS) is 10.4. The van der Waals surface area contributed by atoms with Crippen LogP contribution in [0.5, 0.6) is 5.75 Å². The van der Waals surface area contributed by atoms with Gasteiger partial charge in [0, 0.05) is 18.5 Å². The second-order valence-corrected chi connectivity index (χ2v) is 6.62. The van der Waals surface area contributed by atoms with Gasteiger partial charge in [0.2, 0.25) is 0 Å². The number of carbonyl (C=O) groups is 2. The van der Waals surface area contributed by atoms with E-state index >= 15 is 0 Å². The first-order valence-corrected chi connectivity index (χ1v) is 9.82. The van der Waals surface area contributed by atoms with E-state index in [9.17, 15) is 9.59 Å². The maximum atomic E-state index is 12.0. The summed E-state index contributed by atoms with van der Waals surface area (Å²) in [4.78, 5) is 25.6. The summed E-state index contributed by atoms with van der Waals surface area (Å²) in [6.07, 6.45) is -0.0262. The minimum Gasteiger partial charge on any atom is -0.497 e. The SMILES string of the molecule is COCCOC(=O)CCC(=O)OCCN(c1ccc(C)cc1)c1ccc(OC)cc1. The van der Waals surface area contributed by atoms with Gasteiger partial charge in [-0.25, -0.2) is 0 Å². The second-order valence-electron chi connectivity index (χ2n) is 6.62. The van der Waals surface area contributed by atoms with Crippen LogP contribution in [0.25, 0.3) is 0 Å². The summed E-state index contributed by atoms with van der Waals surface area (Å²) < 4.78 is 20.3. The van der Waals surface area contributed by atoms with Crippen LogP contribution in [0.3, 0.4) is 0 Å². The lowest BCUT2D eigenvalue weighted by atomic mass is 10.2. The van der Waals surface area contributed by atoms with Crippen LogP contribution in [0.15, 0.2) is 48.5 Å². The molecule has 30 heavy (non-hydrogen) atoms. The highest BCUT2D eigenvalue weighted by molar-refractivity contribution is 5.77. The molecule has 0 bridgehead atoms. The summed E-state index contributed by atoms with van der Waals surface area (Å²) >= 11 is 0. The minimum absolute atomic E-state index is 0.0112. The Bertz CT molecular complexity index is 788. The quantitative estimate of drug-likeness (QED) is 0.387. The zero-order valence-corrected chi connectivity index (χ0v) is 17.8. The van der Waals surface area contributed by atoms with Crippen LogP contribution in [0.1, 0.15) is 18.4 Å². The van der Waals surface area contributed by atoms with Crippen molar-refractivity contribution in [2.75, 3.05) is 45.5 Å². The minimum atomic E-state index is -0.441. The van der Waals surface area contributed by atoms with Crippen molar-refractivity contribution >= 4 is 23.3 Å². The van der Waals surface area contributed by atoms with Gasteiger partial charge < -0.3 is 23.8 Å². The molecule has 7 nitrogen and oxygen atoms in total. The number of hydrogen-bond donors (Lipinski definition) is 0. The van der Waals surface area contributed by atoms with Gasteiger partial charge in [-0.15, -0.1) is 0 Å². The number of benzene rings is 2. The third kappa shape index (κ3) is 7.75. The van der Waals surface area contributed by atoms with Gasteiger partial charge in [0.1, 0.15) is 19.0 Å². The van der Waals surface area contributed by atoms with E-state index in [1.54, 1.807) is 7.11 Å². The predicted molar refractivity (Wildman–Crippen MR) is 114 cm³/mol. The van der Waals surface area contributed by atoms with E-state index in [0.717, 1.165) is 22.7 Å². The molecule has 0 heterocycles. The summed E-state index contributed by atoms with van der Waals surface area (Å²) in [5, 5.41) is 0. The molecule has 7 heteroatoms. The molecule has 0 fully saturated rings. The molecule has 0 aliphatic heterocycles. The van der Waals surface area contributed by atoms with E-state index in [1.165, 1.54) is 7.11 Å². The highest BCUT2D eigenvalue weighted by atomic mass is 16.6. The summed E-state index contributed by atoms with van der Waals surface area (Å²) in [5.74, 6) is -0.104. The lowest BCUT2D eigenvalue weighted by molar-refractivity contribution is -0.150. The molecule has 0 spiro atoms. The highest BCUT2D eigenvalue weighted by Crippen LogP contribution is 2.27. The van der Waals surface area contributed by atoms with Crippen molar-refractivity contribution in [2.24, 2.45) is 0 Å². The van der Waals surface area contributed by atoms with Crippen molar-refractivity contribution in [1.82, 2.24) is 0 Å². The molecule has 0 N–H and O–H groups in total. The molecule has 2 aromatic carbocycles. The van der Waals surface area contributed by atoms with Crippen LogP contribution in [0.4, 0.5) is 11.4 Å². The summed E-state index contributed by atoms with van der Waals surface area (Å²) in [6.45, 7) is 3.20. The number of ether oxygens (including phenoxy) is 4. The van der Waals surface area contributed by atoms with E-state index in [2.05, 4.69) is 4.90 Å². The Morgan fingerprint density at radius 3 is 1.83 bits per heavy atom. The van der Waals surface area contributed by atoms with Crippen LogP contribution in [-0.2, 0) is 23.8 Å². The Labute approximate surface area is 177 Å². The van der Waals surface area contributed by atoms with Gasteiger partial charge in [0.15, 0.2) is 0 Å². The topological polar surface area (TPSA) is 74.3 Å². The van der Waals surface area contributed by atoms with Gasteiger partial charge >= 0.3 is 11.9 Å². The Kier molecular flexibility index (Phi) is 9.67. The summed E-state index contributed by atoms with van der Waals surface area (Å²) in [6, 6.07) is 15.8. The van der Waals surface area contributed by atoms with Gasteiger partial charge in [0.05, 0.1) is 33.1 Å². The molecule has 162 valence electrons. The molecule has 0 radical (unpaired) electrons. The van der Waals surface area contributed by atoms with E-state index < -0.39 is 11.9 Å². The molecular formula is C23H29NO6. The van der Waals surface area contributed by atoms with Crippen molar-refractivity contribution in [3.8, 4) is 5.75 Å². The zero-order valence-electron chi connectivity index (χ0n) is 17.8. The number of nitrogens with zero attached hydrogens (tertiary/aromatic N) is 1. The number of carbonyl (C=O) groups excluding carboxylic acids is 2. The van der Waals surface area contributed by atoms with E-state index in [-0.39, 0.29) is 26.1 Å². The summed E-state index contributed by atoms with van der Waals surface area (Å²) in [7, 11) is 3.15. The van der Waals surface area contributed by atoms with E-state index in [0.29, 0.717) is 13.2 Å². The van der Waals surface area contributed by atoms with Crippen LogP contribution in [-0.4, -0.2) is 52.5 Å². The first kappa shape index (κ1) is 23.2. The maximum absolute atomic E-state index is 12.0. The monoisotopic (exact) mass is 415 g/mol. The number of hydrogen-bond acceptors (Lipinski definition) is 7. The average molecular weight is 415 g/mol. The number of esters is 2. The molecule has 0 aliphatic carbocycles. The zero-order chi connectivity index (χ0) is 21.8. The van der Waals surface area contributed by atoms with Crippen molar-refractivity contribution in [2.45, 2.75) is 19.8 Å². The molecule has 0 amide bonds. The lowest BCUT2D eigenvalue weighted by Gasteiger charge is -2.25. The fourth-order valence-corrected chi connectivity index (χ4v) is 2.73. The van der Waals surface area contributed by atoms with Crippen LogP contribution >= 0.6 is 0 Å². The van der Waals surface area contributed by atoms with Crippen LogP contribution in [0, 0.1) is 6.92 Å². The Morgan fingerprint density at radius 1 is 0.767 bits per heavy atom.